The highest BCUT2D eigenvalue weighted by atomic mass is 35.5. The molecule has 0 saturated carbocycles. The van der Waals surface area contributed by atoms with E-state index in [1.54, 1.807) is 0 Å². The zero-order valence-corrected chi connectivity index (χ0v) is 11.1. The average Bonchev–Trinajstić information content (AvgIpc) is 2.75. The first-order chi connectivity index (χ1) is 8.31. The van der Waals surface area contributed by atoms with E-state index in [4.69, 9.17) is 5.73 Å². The van der Waals surface area contributed by atoms with E-state index >= 15 is 0 Å². The van der Waals surface area contributed by atoms with Gasteiger partial charge in [-0.2, -0.15) is 0 Å². The summed E-state index contributed by atoms with van der Waals surface area (Å²) in [7, 11) is 0. The lowest BCUT2D eigenvalue weighted by atomic mass is 10.1. The number of pyridine rings is 1. The Morgan fingerprint density at radius 1 is 1.33 bits per heavy atom. The molecule has 1 saturated heterocycles. The summed E-state index contributed by atoms with van der Waals surface area (Å²) in [5.41, 5.74) is 8.33. The number of nitrogens with zero attached hydrogens (tertiary/aromatic N) is 2. The van der Waals surface area contributed by atoms with Crippen molar-refractivity contribution in [3.63, 3.8) is 0 Å². The van der Waals surface area contributed by atoms with Crippen LogP contribution in [0.5, 0.6) is 0 Å². The standard InChI is InChI=1S/C14H17N3.ClH/c15-13-5-7-17(10-13)9-11-3-4-14-12(8-11)2-1-6-16-14;/h1-4,6,8,13H,5,7,9-10,15H2;1H. The summed E-state index contributed by atoms with van der Waals surface area (Å²) >= 11 is 0. The zero-order valence-electron chi connectivity index (χ0n) is 10.2. The molecule has 0 radical (unpaired) electrons. The maximum atomic E-state index is 5.92. The maximum Gasteiger partial charge on any atom is 0.0702 e. The van der Waals surface area contributed by atoms with Gasteiger partial charge in [0.2, 0.25) is 0 Å². The quantitative estimate of drug-likeness (QED) is 0.903. The molecule has 0 aliphatic carbocycles. The SMILES string of the molecule is Cl.NC1CCN(Cc2ccc3ncccc3c2)C1. The monoisotopic (exact) mass is 263 g/mol. The maximum absolute atomic E-state index is 5.92. The van der Waals surface area contributed by atoms with Gasteiger partial charge >= 0.3 is 0 Å². The molecule has 2 N–H and O–H groups in total. The molecular weight excluding hydrogens is 246 g/mol. The van der Waals surface area contributed by atoms with Gasteiger partial charge in [-0.1, -0.05) is 12.1 Å². The van der Waals surface area contributed by atoms with E-state index < -0.39 is 0 Å². The predicted octanol–water partition coefficient (Wildman–Crippen LogP) is 2.19. The number of fused-ring (bicyclic) bond motifs is 1. The van der Waals surface area contributed by atoms with E-state index in [9.17, 15) is 0 Å². The van der Waals surface area contributed by atoms with Gasteiger partial charge in [0.15, 0.2) is 0 Å². The van der Waals surface area contributed by atoms with Crippen molar-refractivity contribution in [1.82, 2.24) is 9.88 Å². The van der Waals surface area contributed by atoms with Crippen LogP contribution in [0.2, 0.25) is 0 Å². The number of rotatable bonds is 2. The third-order valence-corrected chi connectivity index (χ3v) is 3.38. The Morgan fingerprint density at radius 2 is 2.22 bits per heavy atom. The molecule has 1 unspecified atom stereocenters. The van der Waals surface area contributed by atoms with Crippen molar-refractivity contribution < 1.29 is 0 Å². The van der Waals surface area contributed by atoms with Gasteiger partial charge in [0.25, 0.3) is 0 Å². The summed E-state index contributed by atoms with van der Waals surface area (Å²) in [5.74, 6) is 0. The lowest BCUT2D eigenvalue weighted by molar-refractivity contribution is 0.327. The smallest absolute Gasteiger partial charge is 0.0702 e. The van der Waals surface area contributed by atoms with Crippen LogP contribution < -0.4 is 5.73 Å². The Bertz CT molecular complexity index is 529. The minimum absolute atomic E-state index is 0. The molecule has 0 amide bonds. The van der Waals surface area contributed by atoms with Crippen molar-refractivity contribution in [1.29, 1.82) is 0 Å². The minimum Gasteiger partial charge on any atom is -0.326 e. The van der Waals surface area contributed by atoms with Crippen molar-refractivity contribution >= 4 is 23.3 Å². The summed E-state index contributed by atoms with van der Waals surface area (Å²) in [6.45, 7) is 3.13. The van der Waals surface area contributed by atoms with Crippen molar-refractivity contribution in [3.05, 3.63) is 42.1 Å². The molecule has 0 spiro atoms. The summed E-state index contributed by atoms with van der Waals surface area (Å²) in [6.07, 6.45) is 2.95. The van der Waals surface area contributed by atoms with Crippen molar-refractivity contribution in [3.8, 4) is 0 Å². The zero-order chi connectivity index (χ0) is 11.7. The predicted molar refractivity (Wildman–Crippen MR) is 76.9 cm³/mol. The Morgan fingerprint density at radius 3 is 3.00 bits per heavy atom. The average molecular weight is 264 g/mol. The molecular formula is C14H18ClN3. The molecule has 2 aromatic rings. The van der Waals surface area contributed by atoms with Crippen LogP contribution in [-0.4, -0.2) is 29.0 Å². The van der Waals surface area contributed by atoms with E-state index in [0.29, 0.717) is 6.04 Å². The lowest BCUT2D eigenvalue weighted by Gasteiger charge is -2.15. The molecule has 1 aromatic heterocycles. The first kappa shape index (κ1) is 13.3. The largest absolute Gasteiger partial charge is 0.326 e. The second-order valence-corrected chi connectivity index (χ2v) is 4.81. The van der Waals surface area contributed by atoms with Crippen LogP contribution in [0.1, 0.15) is 12.0 Å². The summed E-state index contributed by atoms with van der Waals surface area (Å²) in [6, 6.07) is 10.9. The van der Waals surface area contributed by atoms with E-state index in [-0.39, 0.29) is 12.4 Å². The highest BCUT2D eigenvalue weighted by Crippen LogP contribution is 2.17. The molecule has 1 aliphatic rings. The lowest BCUT2D eigenvalue weighted by Crippen LogP contribution is -2.26. The third-order valence-electron chi connectivity index (χ3n) is 3.38. The topological polar surface area (TPSA) is 42.1 Å². The van der Waals surface area contributed by atoms with Crippen LogP contribution in [0.3, 0.4) is 0 Å². The molecule has 4 heteroatoms. The number of nitrogens with two attached hydrogens (primary N) is 1. The van der Waals surface area contributed by atoms with Crippen LogP contribution in [0.25, 0.3) is 10.9 Å². The van der Waals surface area contributed by atoms with Gasteiger partial charge in [-0.05, 0) is 30.2 Å². The molecule has 0 bridgehead atoms. The highest BCUT2D eigenvalue weighted by Gasteiger charge is 2.18. The number of halogens is 1. The van der Waals surface area contributed by atoms with Crippen LogP contribution in [0.15, 0.2) is 36.5 Å². The second kappa shape index (κ2) is 5.65. The fourth-order valence-electron chi connectivity index (χ4n) is 2.49. The van der Waals surface area contributed by atoms with Crippen LogP contribution in [0, 0.1) is 0 Å². The van der Waals surface area contributed by atoms with E-state index in [1.165, 1.54) is 10.9 Å². The summed E-state index contributed by atoms with van der Waals surface area (Å²) in [4.78, 5) is 6.75. The van der Waals surface area contributed by atoms with Gasteiger partial charge in [-0.25, -0.2) is 0 Å². The molecule has 1 fully saturated rings. The molecule has 1 aromatic carbocycles. The summed E-state index contributed by atoms with van der Waals surface area (Å²) in [5, 5.41) is 1.22. The molecule has 1 atom stereocenters. The van der Waals surface area contributed by atoms with Gasteiger partial charge in [0, 0.05) is 37.3 Å². The van der Waals surface area contributed by atoms with Gasteiger partial charge in [-0.3, -0.25) is 9.88 Å². The van der Waals surface area contributed by atoms with Crippen molar-refractivity contribution in [2.45, 2.75) is 19.0 Å². The molecule has 2 heterocycles. The summed E-state index contributed by atoms with van der Waals surface area (Å²) < 4.78 is 0. The van der Waals surface area contributed by atoms with Crippen LogP contribution in [-0.2, 0) is 6.54 Å². The first-order valence-electron chi connectivity index (χ1n) is 6.13. The van der Waals surface area contributed by atoms with E-state index in [1.807, 2.05) is 12.3 Å². The molecule has 96 valence electrons. The highest BCUT2D eigenvalue weighted by molar-refractivity contribution is 5.85. The van der Waals surface area contributed by atoms with Gasteiger partial charge in [-0.15, -0.1) is 12.4 Å². The van der Waals surface area contributed by atoms with E-state index in [2.05, 4.69) is 34.1 Å². The normalized spacial score (nSPS) is 19.9. The fourth-order valence-corrected chi connectivity index (χ4v) is 2.49. The molecule has 18 heavy (non-hydrogen) atoms. The fraction of sp³-hybridized carbons (Fsp3) is 0.357. The Kier molecular flexibility index (Phi) is 4.17. The Labute approximate surface area is 113 Å². The second-order valence-electron chi connectivity index (χ2n) is 4.81. The van der Waals surface area contributed by atoms with Crippen LogP contribution in [0.4, 0.5) is 0 Å². The molecule has 3 nitrogen and oxygen atoms in total. The minimum atomic E-state index is 0. The first-order valence-corrected chi connectivity index (χ1v) is 6.13. The van der Waals surface area contributed by atoms with Crippen molar-refractivity contribution in [2.75, 3.05) is 13.1 Å². The van der Waals surface area contributed by atoms with Gasteiger partial charge in [0.05, 0.1) is 5.52 Å². The Balaban J connectivity index is 0.00000120. The number of likely N-dealkylation sites (tertiary alicyclic amines) is 1. The number of hydrogen-bond donors (Lipinski definition) is 1. The molecule has 3 rings (SSSR count). The van der Waals surface area contributed by atoms with Crippen LogP contribution >= 0.6 is 12.4 Å². The number of aromatic nitrogens is 1. The van der Waals surface area contributed by atoms with Gasteiger partial charge in [0.1, 0.15) is 0 Å². The van der Waals surface area contributed by atoms with E-state index in [0.717, 1.165) is 31.6 Å². The third kappa shape index (κ3) is 2.80. The van der Waals surface area contributed by atoms with Gasteiger partial charge < -0.3 is 5.73 Å². The Hall–Kier alpha value is -1.16. The number of hydrogen-bond acceptors (Lipinski definition) is 3. The van der Waals surface area contributed by atoms with Crippen molar-refractivity contribution in [2.24, 2.45) is 5.73 Å². The number of benzene rings is 1. The molecule has 1 aliphatic heterocycles.